The molecule has 0 saturated carbocycles. The van der Waals surface area contributed by atoms with E-state index in [9.17, 15) is 4.79 Å². The molecule has 0 bridgehead atoms. The second-order valence-electron chi connectivity index (χ2n) is 6.55. The van der Waals surface area contributed by atoms with Crippen molar-refractivity contribution < 1.29 is 9.53 Å². The summed E-state index contributed by atoms with van der Waals surface area (Å²) in [6.45, 7) is 7.08. The Morgan fingerprint density at radius 3 is 2.96 bits per heavy atom. The first-order chi connectivity index (χ1) is 10.9. The van der Waals surface area contributed by atoms with Gasteiger partial charge in [-0.05, 0) is 51.0 Å². The van der Waals surface area contributed by atoms with E-state index < -0.39 is 5.60 Å². The first-order valence-electron chi connectivity index (χ1n) is 7.67. The van der Waals surface area contributed by atoms with Crippen LogP contribution in [0.25, 0.3) is 0 Å². The Morgan fingerprint density at radius 1 is 1.43 bits per heavy atom. The summed E-state index contributed by atoms with van der Waals surface area (Å²) < 4.78 is 5.47. The van der Waals surface area contributed by atoms with Crippen molar-refractivity contribution in [2.75, 3.05) is 16.8 Å². The van der Waals surface area contributed by atoms with Crippen molar-refractivity contribution in [3.8, 4) is 0 Å². The van der Waals surface area contributed by atoms with Gasteiger partial charge >= 0.3 is 6.09 Å². The van der Waals surface area contributed by atoms with Gasteiger partial charge in [-0.15, -0.1) is 11.3 Å². The summed E-state index contributed by atoms with van der Waals surface area (Å²) in [4.78, 5) is 19.3. The molecular weight excluding hydrogens is 310 g/mol. The quantitative estimate of drug-likeness (QED) is 0.922. The van der Waals surface area contributed by atoms with Crippen molar-refractivity contribution in [1.29, 1.82) is 0 Å². The summed E-state index contributed by atoms with van der Waals surface area (Å²) in [6.07, 6.45) is 2.45. The number of carbonyl (C=O) groups excluding carboxylic acids is 1. The molecule has 6 heteroatoms. The van der Waals surface area contributed by atoms with Gasteiger partial charge in [0.05, 0.1) is 17.7 Å². The SMILES string of the molecule is CC(C)(C)OC(=O)N1CCc2cc(NCc3cncs3)ccc21. The second kappa shape index (κ2) is 6.20. The molecular formula is C17H21N3O2S. The van der Waals surface area contributed by atoms with Crippen molar-refractivity contribution in [3.63, 3.8) is 0 Å². The number of fused-ring (bicyclic) bond motifs is 1. The molecule has 2 heterocycles. The Bertz CT molecular complexity index is 692. The predicted molar refractivity (Wildman–Crippen MR) is 93.2 cm³/mol. The van der Waals surface area contributed by atoms with E-state index in [0.29, 0.717) is 6.54 Å². The third-order valence-electron chi connectivity index (χ3n) is 3.54. The number of hydrogen-bond acceptors (Lipinski definition) is 5. The van der Waals surface area contributed by atoms with Gasteiger partial charge in [0.25, 0.3) is 0 Å². The van der Waals surface area contributed by atoms with Crippen LogP contribution in [0.3, 0.4) is 0 Å². The molecule has 1 aromatic carbocycles. The number of thiazole rings is 1. The fraction of sp³-hybridized carbons (Fsp3) is 0.412. The number of carbonyl (C=O) groups is 1. The van der Waals surface area contributed by atoms with E-state index in [1.807, 2.05) is 44.6 Å². The Hall–Kier alpha value is -2.08. The van der Waals surface area contributed by atoms with Gasteiger partial charge < -0.3 is 10.1 Å². The average Bonchev–Trinajstić information content (AvgIpc) is 3.12. The van der Waals surface area contributed by atoms with Gasteiger partial charge in [-0.25, -0.2) is 4.79 Å². The number of anilines is 2. The van der Waals surface area contributed by atoms with Crippen LogP contribution in [0.15, 0.2) is 29.9 Å². The van der Waals surface area contributed by atoms with Crippen LogP contribution in [0.4, 0.5) is 16.2 Å². The smallest absolute Gasteiger partial charge is 0.414 e. The number of aromatic nitrogens is 1. The highest BCUT2D eigenvalue weighted by atomic mass is 32.1. The molecule has 1 amide bonds. The Morgan fingerprint density at radius 2 is 2.26 bits per heavy atom. The summed E-state index contributed by atoms with van der Waals surface area (Å²) in [7, 11) is 0. The molecule has 1 aliphatic heterocycles. The van der Waals surface area contributed by atoms with E-state index in [4.69, 9.17) is 4.74 Å². The largest absolute Gasteiger partial charge is 0.443 e. The lowest BCUT2D eigenvalue weighted by Crippen LogP contribution is -2.35. The molecule has 0 saturated heterocycles. The van der Waals surface area contributed by atoms with Crippen molar-refractivity contribution in [2.45, 2.75) is 39.3 Å². The molecule has 5 nitrogen and oxygen atoms in total. The van der Waals surface area contributed by atoms with Gasteiger partial charge in [0, 0.05) is 23.3 Å². The highest BCUT2D eigenvalue weighted by molar-refractivity contribution is 7.09. The second-order valence-corrected chi connectivity index (χ2v) is 7.52. The van der Waals surface area contributed by atoms with Crippen molar-refractivity contribution in [3.05, 3.63) is 40.3 Å². The summed E-state index contributed by atoms with van der Waals surface area (Å²) in [5.41, 5.74) is 4.53. The average molecular weight is 331 g/mol. The number of nitrogens with one attached hydrogen (secondary N) is 1. The van der Waals surface area contributed by atoms with Crippen LogP contribution < -0.4 is 10.2 Å². The number of ether oxygens (including phenoxy) is 1. The van der Waals surface area contributed by atoms with Gasteiger partial charge in [0.15, 0.2) is 0 Å². The number of amides is 1. The number of hydrogen-bond donors (Lipinski definition) is 1. The molecule has 1 aliphatic rings. The molecule has 1 N–H and O–H groups in total. The maximum Gasteiger partial charge on any atom is 0.414 e. The number of benzene rings is 1. The van der Waals surface area contributed by atoms with Gasteiger partial charge in [-0.1, -0.05) is 0 Å². The minimum atomic E-state index is -0.476. The first kappa shape index (κ1) is 15.8. The monoisotopic (exact) mass is 331 g/mol. The molecule has 2 aromatic rings. The molecule has 1 aromatic heterocycles. The van der Waals surface area contributed by atoms with E-state index in [1.54, 1.807) is 16.2 Å². The fourth-order valence-corrected chi connectivity index (χ4v) is 3.07. The van der Waals surface area contributed by atoms with E-state index in [2.05, 4.69) is 16.4 Å². The standard InChI is InChI=1S/C17H21N3O2S/c1-17(2,3)22-16(21)20-7-6-12-8-13(4-5-15(12)20)19-10-14-9-18-11-23-14/h4-5,8-9,11,19H,6-7,10H2,1-3H3. The summed E-state index contributed by atoms with van der Waals surface area (Å²) in [6, 6.07) is 6.10. The van der Waals surface area contributed by atoms with Gasteiger partial charge in [-0.3, -0.25) is 9.88 Å². The van der Waals surface area contributed by atoms with Crippen molar-refractivity contribution in [1.82, 2.24) is 4.98 Å². The minimum Gasteiger partial charge on any atom is -0.443 e. The Kier molecular flexibility index (Phi) is 4.26. The lowest BCUT2D eigenvalue weighted by Gasteiger charge is -2.24. The van der Waals surface area contributed by atoms with E-state index >= 15 is 0 Å². The van der Waals surface area contributed by atoms with Crippen LogP contribution in [-0.2, 0) is 17.7 Å². The molecule has 0 radical (unpaired) electrons. The Balaban J connectivity index is 1.68. The lowest BCUT2D eigenvalue weighted by molar-refractivity contribution is 0.0584. The fourth-order valence-electron chi connectivity index (χ4n) is 2.54. The summed E-state index contributed by atoms with van der Waals surface area (Å²) >= 11 is 1.63. The molecule has 0 spiro atoms. The topological polar surface area (TPSA) is 54.5 Å². The van der Waals surface area contributed by atoms with Crippen molar-refractivity contribution >= 4 is 28.8 Å². The summed E-state index contributed by atoms with van der Waals surface area (Å²) in [5.74, 6) is 0. The van der Waals surface area contributed by atoms with Crippen LogP contribution in [0.1, 0.15) is 31.2 Å². The van der Waals surface area contributed by atoms with E-state index in [-0.39, 0.29) is 6.09 Å². The van der Waals surface area contributed by atoms with Crippen LogP contribution in [0.2, 0.25) is 0 Å². The maximum atomic E-state index is 12.3. The number of rotatable bonds is 3. The molecule has 23 heavy (non-hydrogen) atoms. The highest BCUT2D eigenvalue weighted by Gasteiger charge is 2.28. The van der Waals surface area contributed by atoms with Crippen LogP contribution in [0.5, 0.6) is 0 Å². The third kappa shape index (κ3) is 3.82. The maximum absolute atomic E-state index is 12.3. The zero-order valence-corrected chi connectivity index (χ0v) is 14.4. The van der Waals surface area contributed by atoms with E-state index in [1.165, 1.54) is 10.4 Å². The Labute approximate surface area is 140 Å². The molecule has 0 atom stereocenters. The molecule has 0 fully saturated rings. The van der Waals surface area contributed by atoms with E-state index in [0.717, 1.165) is 24.3 Å². The first-order valence-corrected chi connectivity index (χ1v) is 8.55. The van der Waals surface area contributed by atoms with Crippen LogP contribution >= 0.6 is 11.3 Å². The summed E-state index contributed by atoms with van der Waals surface area (Å²) in [5, 5.41) is 3.39. The molecule has 122 valence electrons. The zero-order chi connectivity index (χ0) is 16.4. The normalized spacial score (nSPS) is 13.8. The number of nitrogens with zero attached hydrogens (tertiary/aromatic N) is 2. The minimum absolute atomic E-state index is 0.276. The lowest BCUT2D eigenvalue weighted by atomic mass is 10.1. The molecule has 0 aliphatic carbocycles. The predicted octanol–water partition coefficient (Wildman–Crippen LogP) is 4.05. The van der Waals surface area contributed by atoms with Crippen LogP contribution in [-0.4, -0.2) is 23.2 Å². The molecule has 0 unspecified atom stereocenters. The van der Waals surface area contributed by atoms with Crippen molar-refractivity contribution in [2.24, 2.45) is 0 Å². The third-order valence-corrected chi connectivity index (χ3v) is 4.32. The zero-order valence-electron chi connectivity index (χ0n) is 13.6. The van der Waals surface area contributed by atoms with Gasteiger partial charge in [0.2, 0.25) is 0 Å². The van der Waals surface area contributed by atoms with Gasteiger partial charge in [-0.2, -0.15) is 0 Å². The van der Waals surface area contributed by atoms with Gasteiger partial charge in [0.1, 0.15) is 5.60 Å². The van der Waals surface area contributed by atoms with Crippen LogP contribution in [0, 0.1) is 0 Å². The highest BCUT2D eigenvalue weighted by Crippen LogP contribution is 2.31. The molecule has 3 rings (SSSR count).